The Kier molecular flexibility index (Phi) is 6.37. The lowest BCUT2D eigenvalue weighted by molar-refractivity contribution is 0.392. The number of para-hydroxylation sites is 1. The summed E-state index contributed by atoms with van der Waals surface area (Å²) in [5.74, 6) is 0.735. The second-order valence-corrected chi connectivity index (χ2v) is 12.5. The summed E-state index contributed by atoms with van der Waals surface area (Å²) < 4.78 is 28.9. The van der Waals surface area contributed by atoms with Crippen molar-refractivity contribution in [2.75, 3.05) is 18.1 Å². The molecule has 0 amide bonds. The molecule has 11 heteroatoms. The van der Waals surface area contributed by atoms with Gasteiger partial charge in [-0.05, 0) is 54.6 Å². The van der Waals surface area contributed by atoms with Crippen molar-refractivity contribution in [2.45, 2.75) is 22.3 Å². The molecule has 1 N–H and O–H groups in total. The SMILES string of the molecule is CSc1nccc(-c2ccc(S(=O)(=O)N3CCc4c(ccnc4Nc4cnc5ccccc5c4)C3)s2)n1. The molecule has 4 aromatic heterocycles. The van der Waals surface area contributed by atoms with E-state index in [1.807, 2.05) is 48.7 Å². The van der Waals surface area contributed by atoms with Crippen LogP contribution in [0.4, 0.5) is 11.5 Å². The number of fused-ring (bicyclic) bond motifs is 2. The summed E-state index contributed by atoms with van der Waals surface area (Å²) in [5.41, 5.74) is 4.46. The van der Waals surface area contributed by atoms with Gasteiger partial charge in [0, 0.05) is 36.4 Å². The second-order valence-electron chi connectivity index (χ2n) is 8.47. The number of thiophene rings is 1. The number of sulfonamides is 1. The molecule has 0 bridgehead atoms. The number of hydrogen-bond donors (Lipinski definition) is 1. The van der Waals surface area contributed by atoms with Crippen LogP contribution >= 0.6 is 23.1 Å². The quantitative estimate of drug-likeness (QED) is 0.224. The monoisotopic (exact) mass is 546 g/mol. The van der Waals surface area contributed by atoms with Crippen LogP contribution in [0.5, 0.6) is 0 Å². The van der Waals surface area contributed by atoms with E-state index in [-0.39, 0.29) is 0 Å². The van der Waals surface area contributed by atoms with Crippen molar-refractivity contribution in [3.05, 3.63) is 84.3 Å². The number of nitrogens with one attached hydrogen (secondary N) is 1. The van der Waals surface area contributed by atoms with Gasteiger partial charge in [0.25, 0.3) is 10.0 Å². The number of benzene rings is 1. The highest BCUT2D eigenvalue weighted by Crippen LogP contribution is 2.35. The van der Waals surface area contributed by atoms with Crippen LogP contribution in [-0.2, 0) is 23.0 Å². The van der Waals surface area contributed by atoms with Crippen molar-refractivity contribution in [3.8, 4) is 10.6 Å². The first-order valence-corrected chi connectivity index (χ1v) is 15.1. The van der Waals surface area contributed by atoms with Crippen molar-refractivity contribution >= 4 is 55.5 Å². The molecule has 1 aliphatic heterocycles. The molecule has 0 saturated carbocycles. The lowest BCUT2D eigenvalue weighted by Crippen LogP contribution is -2.36. The second kappa shape index (κ2) is 9.82. The molecule has 186 valence electrons. The molecule has 5 heterocycles. The van der Waals surface area contributed by atoms with Crippen molar-refractivity contribution in [3.63, 3.8) is 0 Å². The van der Waals surface area contributed by atoms with E-state index in [1.54, 1.807) is 35.0 Å². The molecular formula is C26H22N6O2S3. The van der Waals surface area contributed by atoms with Gasteiger partial charge in [0.2, 0.25) is 0 Å². The standard InChI is InChI=1S/C26H22N6O2S3/c1-35-26-28-12-9-22(31-26)23-6-7-24(36-23)37(33,34)32-13-10-20-18(16-32)8-11-27-25(20)30-19-14-17-4-2-3-5-21(17)29-15-19/h2-9,11-12,14-15H,10,13,16H2,1H3,(H,27,30). The van der Waals surface area contributed by atoms with Gasteiger partial charge in [0.15, 0.2) is 5.16 Å². The van der Waals surface area contributed by atoms with Crippen LogP contribution in [0.1, 0.15) is 11.1 Å². The predicted molar refractivity (Wildman–Crippen MR) is 148 cm³/mol. The summed E-state index contributed by atoms with van der Waals surface area (Å²) in [6.07, 6.45) is 7.67. The third kappa shape index (κ3) is 4.71. The molecule has 0 spiro atoms. The summed E-state index contributed by atoms with van der Waals surface area (Å²) in [5, 5.41) is 5.08. The van der Waals surface area contributed by atoms with E-state index in [2.05, 4.69) is 25.3 Å². The molecule has 0 radical (unpaired) electrons. The van der Waals surface area contributed by atoms with E-state index in [1.165, 1.54) is 23.1 Å². The van der Waals surface area contributed by atoms with E-state index < -0.39 is 10.0 Å². The Bertz CT molecular complexity index is 1720. The number of thioether (sulfide) groups is 1. The summed E-state index contributed by atoms with van der Waals surface area (Å²) in [6, 6.07) is 17.1. The molecule has 0 aliphatic carbocycles. The average molecular weight is 547 g/mol. The Morgan fingerprint density at radius 3 is 2.78 bits per heavy atom. The zero-order valence-electron chi connectivity index (χ0n) is 19.8. The molecule has 5 aromatic rings. The lowest BCUT2D eigenvalue weighted by atomic mass is 10.0. The van der Waals surface area contributed by atoms with Gasteiger partial charge in [-0.1, -0.05) is 30.0 Å². The summed E-state index contributed by atoms with van der Waals surface area (Å²) in [6.45, 7) is 0.672. The predicted octanol–water partition coefficient (Wildman–Crippen LogP) is 5.36. The van der Waals surface area contributed by atoms with Gasteiger partial charge in [0.05, 0.1) is 28.0 Å². The minimum Gasteiger partial charge on any atom is -0.339 e. The number of pyridine rings is 2. The highest BCUT2D eigenvalue weighted by Gasteiger charge is 2.31. The molecule has 0 saturated heterocycles. The number of aromatic nitrogens is 4. The summed E-state index contributed by atoms with van der Waals surface area (Å²) in [4.78, 5) is 18.6. The van der Waals surface area contributed by atoms with Gasteiger partial charge in [-0.2, -0.15) is 4.31 Å². The van der Waals surface area contributed by atoms with E-state index >= 15 is 0 Å². The topological polar surface area (TPSA) is 101 Å². The van der Waals surface area contributed by atoms with Crippen molar-refractivity contribution in [2.24, 2.45) is 0 Å². The van der Waals surface area contributed by atoms with Gasteiger partial charge in [-0.25, -0.2) is 23.4 Å². The first kappa shape index (κ1) is 24.0. The molecule has 0 unspecified atom stereocenters. The zero-order valence-corrected chi connectivity index (χ0v) is 22.3. The normalized spacial score (nSPS) is 14.0. The Hall–Kier alpha value is -3.38. The maximum absolute atomic E-state index is 13.5. The van der Waals surface area contributed by atoms with E-state index in [0.29, 0.717) is 28.9 Å². The highest BCUT2D eigenvalue weighted by molar-refractivity contribution is 7.98. The fourth-order valence-electron chi connectivity index (χ4n) is 4.35. The van der Waals surface area contributed by atoms with E-state index in [9.17, 15) is 8.42 Å². The minimum atomic E-state index is -3.65. The van der Waals surface area contributed by atoms with Crippen LogP contribution in [0.25, 0.3) is 21.5 Å². The Labute approximate surface area is 222 Å². The number of hydrogen-bond acceptors (Lipinski definition) is 9. The summed E-state index contributed by atoms with van der Waals surface area (Å²) in [7, 11) is -3.65. The van der Waals surface area contributed by atoms with Crippen molar-refractivity contribution in [1.82, 2.24) is 24.2 Å². The maximum atomic E-state index is 13.5. The molecule has 1 aliphatic rings. The Morgan fingerprint density at radius 1 is 1.03 bits per heavy atom. The molecule has 1 aromatic carbocycles. The molecule has 6 rings (SSSR count). The lowest BCUT2D eigenvalue weighted by Gasteiger charge is -2.28. The van der Waals surface area contributed by atoms with Crippen LogP contribution < -0.4 is 5.32 Å². The van der Waals surface area contributed by atoms with Crippen LogP contribution in [0, 0.1) is 0 Å². The smallest absolute Gasteiger partial charge is 0.252 e. The molecule has 0 fully saturated rings. The minimum absolute atomic E-state index is 0.294. The van der Waals surface area contributed by atoms with Crippen molar-refractivity contribution in [1.29, 1.82) is 0 Å². The Balaban J connectivity index is 1.24. The van der Waals surface area contributed by atoms with Crippen LogP contribution in [0.2, 0.25) is 0 Å². The first-order valence-electron chi connectivity index (χ1n) is 11.6. The summed E-state index contributed by atoms with van der Waals surface area (Å²) >= 11 is 2.68. The third-order valence-corrected chi connectivity index (χ3v) is 10.2. The van der Waals surface area contributed by atoms with Crippen LogP contribution in [0.15, 0.2) is 82.6 Å². The molecule has 37 heavy (non-hydrogen) atoms. The third-order valence-electron chi connectivity index (χ3n) is 6.21. The highest BCUT2D eigenvalue weighted by atomic mass is 32.2. The van der Waals surface area contributed by atoms with Crippen molar-refractivity contribution < 1.29 is 8.42 Å². The average Bonchev–Trinajstić information content (AvgIpc) is 3.44. The number of nitrogens with zero attached hydrogens (tertiary/aromatic N) is 5. The fourth-order valence-corrected chi connectivity index (χ4v) is 7.56. The first-order chi connectivity index (χ1) is 18.0. The van der Waals surface area contributed by atoms with Gasteiger partial charge in [-0.3, -0.25) is 4.98 Å². The van der Waals surface area contributed by atoms with Crippen LogP contribution in [-0.4, -0.2) is 45.5 Å². The van der Waals surface area contributed by atoms with Gasteiger partial charge in [-0.15, -0.1) is 11.3 Å². The van der Waals surface area contributed by atoms with Gasteiger partial charge < -0.3 is 5.32 Å². The molecule has 8 nitrogen and oxygen atoms in total. The number of anilines is 2. The number of rotatable bonds is 6. The van der Waals surface area contributed by atoms with E-state index in [4.69, 9.17) is 0 Å². The maximum Gasteiger partial charge on any atom is 0.252 e. The fraction of sp³-hybridized carbons (Fsp3) is 0.154. The molecular weight excluding hydrogens is 525 g/mol. The largest absolute Gasteiger partial charge is 0.339 e. The molecule has 0 atom stereocenters. The van der Waals surface area contributed by atoms with Gasteiger partial charge >= 0.3 is 0 Å². The van der Waals surface area contributed by atoms with Gasteiger partial charge in [0.1, 0.15) is 10.0 Å². The zero-order chi connectivity index (χ0) is 25.4. The Morgan fingerprint density at radius 2 is 1.89 bits per heavy atom. The van der Waals surface area contributed by atoms with Crippen LogP contribution in [0.3, 0.4) is 0 Å². The van der Waals surface area contributed by atoms with E-state index in [0.717, 1.165) is 44.1 Å².